The predicted molar refractivity (Wildman–Crippen MR) is 64.3 cm³/mol. The van der Waals surface area contributed by atoms with Crippen LogP contribution in [0.4, 0.5) is 14.5 Å². The van der Waals surface area contributed by atoms with Crippen LogP contribution in [0.25, 0.3) is 0 Å². The molecule has 6 nitrogen and oxygen atoms in total. The van der Waals surface area contributed by atoms with E-state index in [4.69, 9.17) is 4.74 Å². The largest absolute Gasteiger partial charge is 0.380 e. The van der Waals surface area contributed by atoms with Gasteiger partial charge in [0.1, 0.15) is 11.4 Å². The highest BCUT2D eigenvalue weighted by atomic mass is 19.1. The van der Waals surface area contributed by atoms with Gasteiger partial charge in [0.2, 0.25) is 5.82 Å². The van der Waals surface area contributed by atoms with Crippen LogP contribution < -0.4 is 0 Å². The van der Waals surface area contributed by atoms with E-state index in [-0.39, 0.29) is 12.6 Å². The fraction of sp³-hybridized carbons (Fsp3) is 0.417. The van der Waals surface area contributed by atoms with Crippen LogP contribution in [0, 0.1) is 21.7 Å². The molecule has 1 aromatic rings. The van der Waals surface area contributed by atoms with Gasteiger partial charge >= 0.3 is 5.69 Å². The molecule has 1 unspecified atom stereocenters. The number of ether oxygens (including phenoxy) is 1. The molecule has 1 aliphatic heterocycles. The van der Waals surface area contributed by atoms with E-state index in [0.717, 1.165) is 6.07 Å². The summed E-state index contributed by atoms with van der Waals surface area (Å²) in [6.07, 6.45) is 0.365. The topological polar surface area (TPSA) is 72.7 Å². The van der Waals surface area contributed by atoms with Crippen LogP contribution in [-0.4, -0.2) is 42.0 Å². The molecule has 0 aromatic heterocycles. The van der Waals surface area contributed by atoms with Crippen molar-refractivity contribution >= 4 is 11.6 Å². The molecule has 1 aromatic carbocycles. The maximum Gasteiger partial charge on any atom is 0.305 e. The Balaban J connectivity index is 2.35. The van der Waals surface area contributed by atoms with Crippen LogP contribution >= 0.6 is 0 Å². The number of nitro benzene ring substituents is 1. The minimum absolute atomic E-state index is 0.191. The van der Waals surface area contributed by atoms with E-state index >= 15 is 0 Å². The first-order valence-electron chi connectivity index (χ1n) is 5.90. The number of benzene rings is 1. The van der Waals surface area contributed by atoms with Gasteiger partial charge in [-0.05, 0) is 12.5 Å². The molecule has 0 aliphatic carbocycles. The zero-order valence-electron chi connectivity index (χ0n) is 10.6. The quantitative estimate of drug-likeness (QED) is 0.626. The number of methoxy groups -OCH3 is 1. The Labute approximate surface area is 113 Å². The van der Waals surface area contributed by atoms with Crippen molar-refractivity contribution in [2.75, 3.05) is 20.2 Å². The second-order valence-electron chi connectivity index (χ2n) is 4.41. The van der Waals surface area contributed by atoms with Crippen molar-refractivity contribution in [3.8, 4) is 0 Å². The third-order valence-corrected chi connectivity index (χ3v) is 3.25. The average Bonchev–Trinajstić information content (AvgIpc) is 2.86. The van der Waals surface area contributed by atoms with E-state index in [9.17, 15) is 23.7 Å². The SMILES string of the molecule is COC1CCN(C(=O)c2c(F)ccc([N+](=O)[O-])c2F)C1. The summed E-state index contributed by atoms with van der Waals surface area (Å²) in [6, 6.07) is 1.42. The highest BCUT2D eigenvalue weighted by molar-refractivity contribution is 5.95. The van der Waals surface area contributed by atoms with E-state index in [2.05, 4.69) is 0 Å². The van der Waals surface area contributed by atoms with Gasteiger partial charge in [-0.15, -0.1) is 0 Å². The summed E-state index contributed by atoms with van der Waals surface area (Å²) < 4.78 is 32.6. The summed E-state index contributed by atoms with van der Waals surface area (Å²) in [5, 5.41) is 10.6. The first-order chi connectivity index (χ1) is 9.45. The predicted octanol–water partition coefficient (Wildman–Crippen LogP) is 1.73. The molecule has 0 bridgehead atoms. The summed E-state index contributed by atoms with van der Waals surface area (Å²) in [5.41, 5.74) is -1.81. The molecule has 1 amide bonds. The van der Waals surface area contributed by atoms with E-state index in [1.807, 2.05) is 0 Å². The minimum Gasteiger partial charge on any atom is -0.380 e. The van der Waals surface area contributed by atoms with E-state index in [1.165, 1.54) is 12.0 Å². The summed E-state index contributed by atoms with van der Waals surface area (Å²) in [4.78, 5) is 22.9. The van der Waals surface area contributed by atoms with Gasteiger partial charge in [0.15, 0.2) is 0 Å². The zero-order valence-corrected chi connectivity index (χ0v) is 10.6. The fourth-order valence-corrected chi connectivity index (χ4v) is 2.14. The molecule has 0 saturated carbocycles. The van der Waals surface area contributed by atoms with E-state index < -0.39 is 33.7 Å². The minimum atomic E-state index is -1.44. The number of carbonyl (C=O) groups is 1. The maximum absolute atomic E-state index is 13.9. The van der Waals surface area contributed by atoms with Crippen LogP contribution in [0.3, 0.4) is 0 Å². The number of likely N-dealkylation sites (tertiary alicyclic amines) is 1. The number of carbonyl (C=O) groups excluding carboxylic acids is 1. The summed E-state index contributed by atoms with van der Waals surface area (Å²) in [7, 11) is 1.48. The lowest BCUT2D eigenvalue weighted by Gasteiger charge is -2.16. The van der Waals surface area contributed by atoms with Crippen LogP contribution in [0.1, 0.15) is 16.8 Å². The molecule has 1 saturated heterocycles. The molecule has 0 radical (unpaired) electrons. The number of nitrogens with zero attached hydrogens (tertiary/aromatic N) is 2. The Morgan fingerprint density at radius 1 is 1.50 bits per heavy atom. The zero-order chi connectivity index (χ0) is 14.9. The van der Waals surface area contributed by atoms with Crippen molar-refractivity contribution in [3.05, 3.63) is 39.4 Å². The third kappa shape index (κ3) is 2.46. The second kappa shape index (κ2) is 5.49. The monoisotopic (exact) mass is 286 g/mol. The van der Waals surface area contributed by atoms with Crippen molar-refractivity contribution in [2.45, 2.75) is 12.5 Å². The third-order valence-electron chi connectivity index (χ3n) is 3.25. The van der Waals surface area contributed by atoms with Crippen molar-refractivity contribution in [1.82, 2.24) is 4.90 Å². The van der Waals surface area contributed by atoms with Gasteiger partial charge in [0.25, 0.3) is 5.91 Å². The van der Waals surface area contributed by atoms with Gasteiger partial charge in [-0.25, -0.2) is 4.39 Å². The maximum atomic E-state index is 13.9. The molecular formula is C12H12F2N2O4. The molecule has 1 aliphatic rings. The Morgan fingerprint density at radius 2 is 2.20 bits per heavy atom. The molecule has 8 heteroatoms. The van der Waals surface area contributed by atoms with Crippen molar-refractivity contribution in [2.24, 2.45) is 0 Å². The Hall–Kier alpha value is -2.09. The van der Waals surface area contributed by atoms with Gasteiger partial charge in [-0.3, -0.25) is 14.9 Å². The van der Waals surface area contributed by atoms with Crippen LogP contribution in [0.5, 0.6) is 0 Å². The second-order valence-corrected chi connectivity index (χ2v) is 4.41. The van der Waals surface area contributed by atoms with Gasteiger partial charge in [0, 0.05) is 26.3 Å². The van der Waals surface area contributed by atoms with Crippen molar-refractivity contribution in [3.63, 3.8) is 0 Å². The molecule has 20 heavy (non-hydrogen) atoms. The number of hydrogen-bond donors (Lipinski definition) is 0. The van der Waals surface area contributed by atoms with Crippen LogP contribution in [-0.2, 0) is 4.74 Å². The molecule has 2 rings (SSSR count). The lowest BCUT2D eigenvalue weighted by molar-refractivity contribution is -0.387. The van der Waals surface area contributed by atoms with Gasteiger partial charge in [-0.2, -0.15) is 4.39 Å². The van der Waals surface area contributed by atoms with Gasteiger partial charge < -0.3 is 9.64 Å². The van der Waals surface area contributed by atoms with Crippen molar-refractivity contribution in [1.29, 1.82) is 0 Å². The number of nitro groups is 1. The normalized spacial score (nSPS) is 18.4. The standard InChI is InChI=1S/C12H12F2N2O4/c1-20-7-4-5-15(6-7)12(17)10-8(13)2-3-9(11(10)14)16(18)19/h2-3,7H,4-6H2,1H3. The van der Waals surface area contributed by atoms with Crippen LogP contribution in [0.2, 0.25) is 0 Å². The lowest BCUT2D eigenvalue weighted by atomic mass is 10.1. The molecule has 1 atom stereocenters. The molecular weight excluding hydrogens is 274 g/mol. The fourth-order valence-electron chi connectivity index (χ4n) is 2.14. The molecule has 108 valence electrons. The Bertz CT molecular complexity index is 565. The highest BCUT2D eigenvalue weighted by Crippen LogP contribution is 2.25. The van der Waals surface area contributed by atoms with Gasteiger partial charge in [0.05, 0.1) is 11.0 Å². The smallest absolute Gasteiger partial charge is 0.305 e. The summed E-state index contributed by atoms with van der Waals surface area (Å²) >= 11 is 0. The Morgan fingerprint density at radius 3 is 2.75 bits per heavy atom. The number of rotatable bonds is 3. The average molecular weight is 286 g/mol. The van der Waals surface area contributed by atoms with E-state index in [0.29, 0.717) is 19.0 Å². The first kappa shape index (κ1) is 14.3. The highest BCUT2D eigenvalue weighted by Gasteiger charge is 2.33. The molecule has 0 spiro atoms. The number of halogens is 2. The number of amides is 1. The Kier molecular flexibility index (Phi) is 3.93. The number of hydrogen-bond acceptors (Lipinski definition) is 4. The molecule has 1 fully saturated rings. The van der Waals surface area contributed by atoms with Crippen LogP contribution in [0.15, 0.2) is 12.1 Å². The molecule has 0 N–H and O–H groups in total. The lowest BCUT2D eigenvalue weighted by Crippen LogP contribution is -2.31. The van der Waals surface area contributed by atoms with Gasteiger partial charge in [-0.1, -0.05) is 0 Å². The summed E-state index contributed by atoms with van der Waals surface area (Å²) in [5.74, 6) is -3.46. The molecule has 1 heterocycles. The van der Waals surface area contributed by atoms with Crippen molar-refractivity contribution < 1.29 is 23.2 Å². The van der Waals surface area contributed by atoms with E-state index in [1.54, 1.807) is 0 Å². The summed E-state index contributed by atoms with van der Waals surface area (Å²) in [6.45, 7) is 0.496. The first-order valence-corrected chi connectivity index (χ1v) is 5.90.